The molecule has 2 heterocycles. The Morgan fingerprint density at radius 3 is 2.36 bits per heavy atom. The molecule has 1 amide bonds. The number of anilines is 1. The topological polar surface area (TPSA) is 59.8 Å². The number of hydrogen-bond acceptors (Lipinski definition) is 3. The minimum atomic E-state index is -4.52. The molecule has 4 aromatic rings. The van der Waals surface area contributed by atoms with E-state index in [-0.39, 0.29) is 17.0 Å². The molecule has 0 aliphatic rings. The maximum Gasteiger partial charge on any atom is 0.416 e. The fourth-order valence-corrected chi connectivity index (χ4v) is 3.14. The molecule has 0 saturated carbocycles. The lowest BCUT2D eigenvalue weighted by atomic mass is 10.1. The molecule has 33 heavy (non-hydrogen) atoms. The van der Waals surface area contributed by atoms with E-state index < -0.39 is 40.8 Å². The normalized spacial score (nSPS) is 11.6. The zero-order chi connectivity index (χ0) is 23.9. The van der Waals surface area contributed by atoms with E-state index in [4.69, 9.17) is 0 Å². The highest BCUT2D eigenvalue weighted by molar-refractivity contribution is 6.02. The SMILES string of the molecule is C=C(F)C(=O)Nc1cc(-n2nc(-c3ccc(C(F)(F)F)cc3)c3cccnc32)c(F)cc1F. The molecule has 0 radical (unpaired) electrons. The lowest BCUT2D eigenvalue weighted by Crippen LogP contribution is -2.13. The summed E-state index contributed by atoms with van der Waals surface area (Å²) < 4.78 is 81.5. The largest absolute Gasteiger partial charge is 0.416 e. The fourth-order valence-electron chi connectivity index (χ4n) is 3.14. The molecule has 0 atom stereocenters. The number of nitrogens with zero attached hydrogens (tertiary/aromatic N) is 3. The van der Waals surface area contributed by atoms with E-state index in [0.717, 1.165) is 22.9 Å². The number of hydrogen-bond donors (Lipinski definition) is 1. The first-order valence-electron chi connectivity index (χ1n) is 9.23. The summed E-state index contributed by atoms with van der Waals surface area (Å²) in [7, 11) is 0. The van der Waals surface area contributed by atoms with Gasteiger partial charge in [-0.05, 0) is 30.3 Å². The van der Waals surface area contributed by atoms with Gasteiger partial charge in [0.05, 0.1) is 11.3 Å². The minimum absolute atomic E-state index is 0.116. The third kappa shape index (κ3) is 4.16. The van der Waals surface area contributed by atoms with Gasteiger partial charge in [0.2, 0.25) is 0 Å². The van der Waals surface area contributed by atoms with Crippen LogP contribution in [-0.4, -0.2) is 20.7 Å². The Morgan fingerprint density at radius 1 is 1.03 bits per heavy atom. The Hall–Kier alpha value is -4.15. The first-order chi connectivity index (χ1) is 15.6. The van der Waals surface area contributed by atoms with Gasteiger partial charge in [-0.25, -0.2) is 22.8 Å². The van der Waals surface area contributed by atoms with Crippen LogP contribution >= 0.6 is 0 Å². The standard InChI is InChI=1S/C22H12F6N4O/c1-11(23)21(33)30-17-10-18(16(25)9-15(17)24)32-20-14(3-2-8-29-20)19(31-32)12-4-6-13(7-5-12)22(26,27)28/h2-10H,1H2,(H,30,33). The highest BCUT2D eigenvalue weighted by Gasteiger charge is 2.30. The lowest BCUT2D eigenvalue weighted by molar-refractivity contribution is -0.137. The van der Waals surface area contributed by atoms with Gasteiger partial charge in [-0.3, -0.25) is 4.79 Å². The van der Waals surface area contributed by atoms with Crippen molar-refractivity contribution in [3.05, 3.63) is 84.3 Å². The number of carbonyl (C=O) groups is 1. The number of benzene rings is 2. The van der Waals surface area contributed by atoms with Crippen molar-refractivity contribution in [1.82, 2.24) is 14.8 Å². The van der Waals surface area contributed by atoms with Crippen LogP contribution in [0.4, 0.5) is 32.0 Å². The van der Waals surface area contributed by atoms with Crippen LogP contribution in [0.3, 0.4) is 0 Å². The summed E-state index contributed by atoms with van der Waals surface area (Å²) >= 11 is 0. The van der Waals surface area contributed by atoms with Gasteiger partial charge in [-0.15, -0.1) is 0 Å². The number of nitrogens with one attached hydrogen (secondary N) is 1. The molecule has 0 saturated heterocycles. The number of pyridine rings is 1. The number of rotatable bonds is 4. The highest BCUT2D eigenvalue weighted by atomic mass is 19.4. The van der Waals surface area contributed by atoms with E-state index >= 15 is 0 Å². The molecule has 0 aliphatic heterocycles. The summed E-state index contributed by atoms with van der Waals surface area (Å²) in [5.41, 5.74) is -1.12. The van der Waals surface area contributed by atoms with Crippen LogP contribution in [0.2, 0.25) is 0 Å². The summed E-state index contributed by atoms with van der Waals surface area (Å²) in [5, 5.41) is 6.58. The van der Waals surface area contributed by atoms with Gasteiger partial charge in [0.25, 0.3) is 5.91 Å². The average Bonchev–Trinajstić information content (AvgIpc) is 3.14. The van der Waals surface area contributed by atoms with Crippen molar-refractivity contribution in [3.8, 4) is 16.9 Å². The zero-order valence-corrected chi connectivity index (χ0v) is 16.4. The van der Waals surface area contributed by atoms with Crippen LogP contribution in [0.15, 0.2) is 67.1 Å². The van der Waals surface area contributed by atoms with Crippen molar-refractivity contribution in [3.63, 3.8) is 0 Å². The Balaban J connectivity index is 1.87. The second-order valence-corrected chi connectivity index (χ2v) is 6.85. The van der Waals surface area contributed by atoms with Gasteiger partial charge >= 0.3 is 6.18 Å². The molecule has 2 aromatic heterocycles. The van der Waals surface area contributed by atoms with Crippen LogP contribution in [-0.2, 0) is 11.0 Å². The first-order valence-corrected chi connectivity index (χ1v) is 9.23. The number of halogens is 6. The third-order valence-electron chi connectivity index (χ3n) is 4.69. The predicted molar refractivity (Wildman–Crippen MR) is 108 cm³/mol. The average molecular weight is 462 g/mol. The van der Waals surface area contributed by atoms with Crippen molar-refractivity contribution >= 4 is 22.6 Å². The van der Waals surface area contributed by atoms with Crippen LogP contribution < -0.4 is 5.32 Å². The van der Waals surface area contributed by atoms with Crippen molar-refractivity contribution in [2.45, 2.75) is 6.18 Å². The predicted octanol–water partition coefficient (Wildman–Crippen LogP) is 5.81. The molecule has 0 fully saturated rings. The molecular formula is C22H12F6N4O. The molecule has 5 nitrogen and oxygen atoms in total. The number of carbonyl (C=O) groups excluding carboxylic acids is 1. The van der Waals surface area contributed by atoms with E-state index in [1.54, 1.807) is 12.1 Å². The van der Waals surface area contributed by atoms with Crippen LogP contribution in [0.25, 0.3) is 28.0 Å². The van der Waals surface area contributed by atoms with Crippen LogP contribution in [0.5, 0.6) is 0 Å². The molecule has 0 aliphatic carbocycles. The van der Waals surface area contributed by atoms with E-state index in [9.17, 15) is 31.1 Å². The zero-order valence-electron chi connectivity index (χ0n) is 16.4. The molecule has 1 N–H and O–H groups in total. The quantitative estimate of drug-likeness (QED) is 0.308. The van der Waals surface area contributed by atoms with Gasteiger partial charge in [0.15, 0.2) is 17.3 Å². The Bertz CT molecular complexity index is 1390. The van der Waals surface area contributed by atoms with Gasteiger partial charge in [0, 0.05) is 23.2 Å². The Morgan fingerprint density at radius 2 is 1.73 bits per heavy atom. The van der Waals surface area contributed by atoms with Crippen LogP contribution in [0.1, 0.15) is 5.56 Å². The maximum absolute atomic E-state index is 14.7. The summed E-state index contributed by atoms with van der Waals surface area (Å²) in [6.07, 6.45) is -3.14. The fraction of sp³-hybridized carbons (Fsp3) is 0.0455. The second kappa shape index (κ2) is 8.08. The molecular weight excluding hydrogens is 450 g/mol. The van der Waals surface area contributed by atoms with Crippen molar-refractivity contribution in [1.29, 1.82) is 0 Å². The highest BCUT2D eigenvalue weighted by Crippen LogP contribution is 2.34. The van der Waals surface area contributed by atoms with E-state index in [0.29, 0.717) is 17.0 Å². The van der Waals surface area contributed by atoms with Crippen LogP contribution in [0, 0.1) is 11.6 Å². The number of alkyl halides is 3. The van der Waals surface area contributed by atoms with Crippen molar-refractivity contribution < 1.29 is 31.1 Å². The minimum Gasteiger partial charge on any atom is -0.317 e. The molecule has 0 bridgehead atoms. The summed E-state index contributed by atoms with van der Waals surface area (Å²) in [5.74, 6) is -4.94. The second-order valence-electron chi connectivity index (χ2n) is 6.85. The van der Waals surface area contributed by atoms with Crippen molar-refractivity contribution in [2.24, 2.45) is 0 Å². The van der Waals surface area contributed by atoms with E-state index in [1.807, 2.05) is 5.32 Å². The molecule has 11 heteroatoms. The molecule has 168 valence electrons. The smallest absolute Gasteiger partial charge is 0.317 e. The number of amides is 1. The molecule has 0 spiro atoms. The number of aromatic nitrogens is 3. The Labute approximate surface area is 182 Å². The van der Waals surface area contributed by atoms with Gasteiger partial charge in [0.1, 0.15) is 17.2 Å². The van der Waals surface area contributed by atoms with Gasteiger partial charge in [-0.1, -0.05) is 18.7 Å². The van der Waals surface area contributed by atoms with E-state index in [2.05, 4.69) is 16.7 Å². The molecule has 4 rings (SSSR count). The van der Waals surface area contributed by atoms with E-state index in [1.165, 1.54) is 18.3 Å². The summed E-state index contributed by atoms with van der Waals surface area (Å²) in [6, 6.07) is 8.68. The maximum atomic E-state index is 14.7. The first kappa shape index (κ1) is 22.1. The molecule has 2 aromatic carbocycles. The third-order valence-corrected chi connectivity index (χ3v) is 4.69. The molecule has 0 unspecified atom stereocenters. The van der Waals surface area contributed by atoms with Crippen molar-refractivity contribution in [2.75, 3.05) is 5.32 Å². The lowest BCUT2D eigenvalue weighted by Gasteiger charge is -2.10. The van der Waals surface area contributed by atoms with Gasteiger partial charge < -0.3 is 5.32 Å². The number of fused-ring (bicyclic) bond motifs is 1. The monoisotopic (exact) mass is 462 g/mol. The Kier molecular flexibility index (Phi) is 5.40. The van der Waals surface area contributed by atoms with Gasteiger partial charge in [-0.2, -0.15) is 18.3 Å². The summed E-state index contributed by atoms with van der Waals surface area (Å²) in [4.78, 5) is 15.7. The summed E-state index contributed by atoms with van der Waals surface area (Å²) in [6.45, 7) is 2.80.